The lowest BCUT2D eigenvalue weighted by molar-refractivity contribution is -0.113. The van der Waals surface area contributed by atoms with E-state index in [1.54, 1.807) is 12.4 Å². The molecule has 0 radical (unpaired) electrons. The molecule has 4 nitrogen and oxygen atoms in total. The number of ether oxygens (including phenoxy) is 1. The van der Waals surface area contributed by atoms with E-state index in [9.17, 15) is 4.79 Å². The molecule has 5 heteroatoms. The number of benzene rings is 1. The topological polar surface area (TPSA) is 51.2 Å². The number of nitrogens with zero attached hydrogens (tertiary/aromatic N) is 1. The number of rotatable bonds is 7. The zero-order valence-corrected chi connectivity index (χ0v) is 13.7. The molecule has 116 valence electrons. The summed E-state index contributed by atoms with van der Waals surface area (Å²) in [5.41, 5.74) is 1.83. The minimum atomic E-state index is -0.0491. The molecular weight excluding hydrogens is 296 g/mol. The van der Waals surface area contributed by atoms with Crippen molar-refractivity contribution in [2.45, 2.75) is 25.2 Å². The molecule has 2 aromatic rings. The van der Waals surface area contributed by atoms with E-state index in [4.69, 9.17) is 4.74 Å². The maximum Gasteiger partial charge on any atom is 0.234 e. The zero-order valence-electron chi connectivity index (χ0n) is 12.8. The van der Waals surface area contributed by atoms with Gasteiger partial charge in [-0.05, 0) is 43.2 Å². The van der Waals surface area contributed by atoms with Crippen molar-refractivity contribution in [1.82, 2.24) is 4.98 Å². The molecule has 0 spiro atoms. The van der Waals surface area contributed by atoms with Gasteiger partial charge in [-0.3, -0.25) is 9.78 Å². The van der Waals surface area contributed by atoms with Gasteiger partial charge in [0.05, 0.1) is 18.0 Å². The molecule has 0 saturated carbocycles. The largest absolute Gasteiger partial charge is 0.491 e. The predicted octanol–water partition coefficient (Wildman–Crippen LogP) is 3.91. The third kappa shape index (κ3) is 5.07. The third-order valence-electron chi connectivity index (χ3n) is 2.89. The van der Waals surface area contributed by atoms with E-state index in [1.165, 1.54) is 11.8 Å². The van der Waals surface area contributed by atoms with E-state index in [2.05, 4.69) is 17.2 Å². The Labute approximate surface area is 135 Å². The number of amides is 1. The molecule has 22 heavy (non-hydrogen) atoms. The number of thioether (sulfide) groups is 1. The SMILES string of the molecule is CCCOc1cc(C)ccc1NC(=O)CSc1ccncc1. The summed E-state index contributed by atoms with van der Waals surface area (Å²) in [5.74, 6) is 1.03. The predicted molar refractivity (Wildman–Crippen MR) is 90.6 cm³/mol. The second kappa shape index (κ2) is 8.44. The minimum absolute atomic E-state index is 0.0491. The fourth-order valence-corrected chi connectivity index (χ4v) is 2.52. The van der Waals surface area contributed by atoms with Crippen LogP contribution in [0.2, 0.25) is 0 Å². The van der Waals surface area contributed by atoms with E-state index in [0.717, 1.165) is 28.3 Å². The lowest BCUT2D eigenvalue weighted by Gasteiger charge is -2.13. The van der Waals surface area contributed by atoms with Gasteiger partial charge in [-0.1, -0.05) is 13.0 Å². The van der Waals surface area contributed by atoms with Crippen molar-refractivity contribution in [3.63, 3.8) is 0 Å². The van der Waals surface area contributed by atoms with Crippen molar-refractivity contribution in [1.29, 1.82) is 0 Å². The Bertz CT molecular complexity index is 617. The van der Waals surface area contributed by atoms with Gasteiger partial charge in [0.2, 0.25) is 5.91 Å². The van der Waals surface area contributed by atoms with Crippen LogP contribution in [0.1, 0.15) is 18.9 Å². The highest BCUT2D eigenvalue weighted by molar-refractivity contribution is 8.00. The van der Waals surface area contributed by atoms with Crippen molar-refractivity contribution < 1.29 is 9.53 Å². The van der Waals surface area contributed by atoms with Crippen LogP contribution >= 0.6 is 11.8 Å². The van der Waals surface area contributed by atoms with Gasteiger partial charge >= 0.3 is 0 Å². The smallest absolute Gasteiger partial charge is 0.234 e. The average molecular weight is 316 g/mol. The van der Waals surface area contributed by atoms with E-state index in [1.807, 2.05) is 37.3 Å². The third-order valence-corrected chi connectivity index (χ3v) is 3.90. The molecule has 0 unspecified atom stereocenters. The van der Waals surface area contributed by atoms with Crippen LogP contribution in [0.3, 0.4) is 0 Å². The van der Waals surface area contributed by atoms with Gasteiger partial charge in [-0.25, -0.2) is 0 Å². The number of anilines is 1. The Morgan fingerprint density at radius 3 is 2.77 bits per heavy atom. The van der Waals surface area contributed by atoms with Crippen LogP contribution in [0.4, 0.5) is 5.69 Å². The number of nitrogens with one attached hydrogen (secondary N) is 1. The molecule has 0 aliphatic carbocycles. The molecular formula is C17H20N2O2S. The summed E-state index contributed by atoms with van der Waals surface area (Å²) in [4.78, 5) is 17.1. The lowest BCUT2D eigenvalue weighted by atomic mass is 10.2. The second-order valence-electron chi connectivity index (χ2n) is 4.87. The van der Waals surface area contributed by atoms with Gasteiger partial charge in [0.1, 0.15) is 5.75 Å². The highest BCUT2D eigenvalue weighted by Crippen LogP contribution is 2.26. The van der Waals surface area contributed by atoms with Crippen LogP contribution in [-0.4, -0.2) is 23.3 Å². The first-order valence-corrected chi connectivity index (χ1v) is 8.23. The standard InChI is InChI=1S/C17H20N2O2S/c1-3-10-21-16-11-13(2)4-5-15(16)19-17(20)12-22-14-6-8-18-9-7-14/h4-9,11H,3,10,12H2,1-2H3,(H,19,20). The molecule has 1 aromatic heterocycles. The molecule has 0 aliphatic heterocycles. The zero-order chi connectivity index (χ0) is 15.8. The van der Waals surface area contributed by atoms with E-state index in [-0.39, 0.29) is 5.91 Å². The summed E-state index contributed by atoms with van der Waals surface area (Å²) in [6.07, 6.45) is 4.37. The molecule has 0 fully saturated rings. The maximum absolute atomic E-state index is 12.1. The second-order valence-corrected chi connectivity index (χ2v) is 5.92. The first-order chi connectivity index (χ1) is 10.7. The Morgan fingerprint density at radius 1 is 1.27 bits per heavy atom. The normalized spacial score (nSPS) is 10.3. The molecule has 0 bridgehead atoms. The minimum Gasteiger partial charge on any atom is -0.491 e. The summed E-state index contributed by atoms with van der Waals surface area (Å²) in [6.45, 7) is 4.70. The summed E-state index contributed by atoms with van der Waals surface area (Å²) < 4.78 is 5.70. The average Bonchev–Trinajstić information content (AvgIpc) is 2.54. The van der Waals surface area contributed by atoms with Gasteiger partial charge in [-0.2, -0.15) is 0 Å². The Balaban J connectivity index is 1.95. The molecule has 0 saturated heterocycles. The highest BCUT2D eigenvalue weighted by atomic mass is 32.2. The summed E-state index contributed by atoms with van der Waals surface area (Å²) in [7, 11) is 0. The van der Waals surface area contributed by atoms with Crippen LogP contribution in [0, 0.1) is 6.92 Å². The fourth-order valence-electron chi connectivity index (χ4n) is 1.83. The quantitative estimate of drug-likeness (QED) is 0.787. The first kappa shape index (κ1) is 16.4. The van der Waals surface area contributed by atoms with Crippen LogP contribution in [0.5, 0.6) is 5.75 Å². The van der Waals surface area contributed by atoms with Crippen LogP contribution in [-0.2, 0) is 4.79 Å². The highest BCUT2D eigenvalue weighted by Gasteiger charge is 2.09. The molecule has 1 aromatic carbocycles. The van der Waals surface area contributed by atoms with Crippen molar-refractivity contribution in [3.05, 3.63) is 48.3 Å². The first-order valence-electron chi connectivity index (χ1n) is 7.25. The molecule has 0 aliphatic rings. The van der Waals surface area contributed by atoms with Gasteiger partial charge < -0.3 is 10.1 Å². The number of aromatic nitrogens is 1. The van der Waals surface area contributed by atoms with Crippen LogP contribution in [0.15, 0.2) is 47.6 Å². The number of pyridine rings is 1. The van der Waals surface area contributed by atoms with Crippen molar-refractivity contribution in [2.24, 2.45) is 0 Å². The monoisotopic (exact) mass is 316 g/mol. The molecule has 1 heterocycles. The summed E-state index contributed by atoms with van der Waals surface area (Å²) in [6, 6.07) is 9.57. The molecule has 1 amide bonds. The maximum atomic E-state index is 12.1. The van der Waals surface area contributed by atoms with Crippen molar-refractivity contribution >= 4 is 23.4 Å². The summed E-state index contributed by atoms with van der Waals surface area (Å²) in [5, 5.41) is 2.92. The summed E-state index contributed by atoms with van der Waals surface area (Å²) >= 11 is 1.48. The van der Waals surface area contributed by atoms with E-state index in [0.29, 0.717) is 12.4 Å². The number of aryl methyl sites for hydroxylation is 1. The Hall–Kier alpha value is -2.01. The number of hydrogen-bond donors (Lipinski definition) is 1. The Kier molecular flexibility index (Phi) is 6.27. The van der Waals surface area contributed by atoms with Crippen molar-refractivity contribution in [2.75, 3.05) is 17.7 Å². The lowest BCUT2D eigenvalue weighted by Crippen LogP contribution is -2.15. The number of carbonyl (C=O) groups excluding carboxylic acids is 1. The molecule has 0 atom stereocenters. The van der Waals surface area contributed by atoms with Crippen molar-refractivity contribution in [3.8, 4) is 5.75 Å². The van der Waals surface area contributed by atoms with Gasteiger partial charge in [0.25, 0.3) is 0 Å². The molecule has 1 N–H and O–H groups in total. The van der Waals surface area contributed by atoms with Gasteiger partial charge in [0.15, 0.2) is 0 Å². The van der Waals surface area contributed by atoms with Gasteiger partial charge in [-0.15, -0.1) is 11.8 Å². The van der Waals surface area contributed by atoms with E-state index >= 15 is 0 Å². The van der Waals surface area contributed by atoms with Crippen LogP contribution in [0.25, 0.3) is 0 Å². The fraction of sp³-hybridized carbons (Fsp3) is 0.294. The van der Waals surface area contributed by atoms with Crippen LogP contribution < -0.4 is 10.1 Å². The number of carbonyl (C=O) groups is 1. The van der Waals surface area contributed by atoms with Gasteiger partial charge in [0, 0.05) is 17.3 Å². The van der Waals surface area contributed by atoms with E-state index < -0.39 is 0 Å². The number of hydrogen-bond acceptors (Lipinski definition) is 4. The Morgan fingerprint density at radius 2 is 2.05 bits per heavy atom. The molecule has 2 rings (SSSR count).